The van der Waals surface area contributed by atoms with Crippen LogP contribution in [-0.4, -0.2) is 12.4 Å². The first kappa shape index (κ1) is 11.7. The van der Waals surface area contributed by atoms with Gasteiger partial charge in [0.1, 0.15) is 6.61 Å². The number of rotatable bonds is 3. The van der Waals surface area contributed by atoms with Crippen LogP contribution in [0.4, 0.5) is 13.2 Å². The predicted octanol–water partition coefficient (Wildman–Crippen LogP) is 1.78. The lowest BCUT2D eigenvalue weighted by Gasteiger charge is -2.10. The maximum atomic E-state index is 12.4. The lowest BCUT2D eigenvalue weighted by Crippen LogP contribution is -2.18. The summed E-state index contributed by atoms with van der Waals surface area (Å²) >= 11 is 0. The van der Waals surface area contributed by atoms with Crippen molar-refractivity contribution in [2.45, 2.75) is 6.18 Å². The molecule has 0 aliphatic carbocycles. The van der Waals surface area contributed by atoms with E-state index in [1.165, 1.54) is 12.1 Å². The van der Waals surface area contributed by atoms with E-state index in [2.05, 4.69) is 10.7 Å². The second kappa shape index (κ2) is 4.41. The molecule has 0 radical (unpaired) electrons. The number of carbonyl (C=O) groups is 1. The standard InChI is InChI=1S/C9H8F3NO2/c10-9(11,12)7-4-2-1-3-6(7)8(14)5-15-13/h1-4H,5,13H2. The molecule has 0 saturated heterocycles. The quantitative estimate of drug-likeness (QED) is 0.622. The number of halogens is 3. The molecule has 3 nitrogen and oxygen atoms in total. The third kappa shape index (κ3) is 2.77. The number of carbonyl (C=O) groups excluding carboxylic acids is 1. The fraction of sp³-hybridized carbons (Fsp3) is 0.222. The number of Topliss-reactive ketones (excluding diaryl/α,β-unsaturated/α-hetero) is 1. The molecule has 0 unspecified atom stereocenters. The summed E-state index contributed by atoms with van der Waals surface area (Å²) in [5, 5.41) is 0. The molecule has 2 N–H and O–H groups in total. The van der Waals surface area contributed by atoms with Crippen LogP contribution < -0.4 is 5.90 Å². The van der Waals surface area contributed by atoms with Gasteiger partial charge in [0.15, 0.2) is 5.78 Å². The summed E-state index contributed by atoms with van der Waals surface area (Å²) in [6.45, 7) is -0.576. The predicted molar refractivity (Wildman–Crippen MR) is 45.9 cm³/mol. The van der Waals surface area contributed by atoms with Gasteiger partial charge in [0.2, 0.25) is 0 Å². The van der Waals surface area contributed by atoms with Crippen molar-refractivity contribution in [1.82, 2.24) is 0 Å². The second-order valence-electron chi connectivity index (χ2n) is 2.78. The smallest absolute Gasteiger partial charge is 0.296 e. The van der Waals surface area contributed by atoms with Crippen molar-refractivity contribution in [2.24, 2.45) is 5.90 Å². The molecule has 0 spiro atoms. The van der Waals surface area contributed by atoms with E-state index in [0.717, 1.165) is 12.1 Å². The lowest BCUT2D eigenvalue weighted by atomic mass is 10.0. The van der Waals surface area contributed by atoms with Gasteiger partial charge < -0.3 is 0 Å². The third-order valence-corrected chi connectivity index (χ3v) is 1.75. The first-order chi connectivity index (χ1) is 6.96. The Hall–Kier alpha value is -1.40. The van der Waals surface area contributed by atoms with E-state index in [9.17, 15) is 18.0 Å². The number of hydrogen-bond acceptors (Lipinski definition) is 3. The van der Waals surface area contributed by atoms with E-state index in [0.29, 0.717) is 0 Å². The number of benzene rings is 1. The molecule has 0 aliphatic rings. The molecule has 0 aromatic heterocycles. The lowest BCUT2D eigenvalue weighted by molar-refractivity contribution is -0.137. The monoisotopic (exact) mass is 219 g/mol. The van der Waals surface area contributed by atoms with Gasteiger partial charge in [0, 0.05) is 5.56 Å². The Morgan fingerprint density at radius 3 is 2.47 bits per heavy atom. The number of hydrogen-bond donors (Lipinski definition) is 1. The Morgan fingerprint density at radius 2 is 1.93 bits per heavy atom. The molecule has 15 heavy (non-hydrogen) atoms. The third-order valence-electron chi connectivity index (χ3n) is 1.75. The zero-order chi connectivity index (χ0) is 11.5. The van der Waals surface area contributed by atoms with Crippen LogP contribution in [0.5, 0.6) is 0 Å². The Kier molecular flexibility index (Phi) is 3.43. The topological polar surface area (TPSA) is 52.3 Å². The molecule has 0 aliphatic heterocycles. The van der Waals surface area contributed by atoms with Crippen LogP contribution in [-0.2, 0) is 11.0 Å². The Balaban J connectivity index is 3.12. The minimum absolute atomic E-state index is 0.435. The minimum Gasteiger partial charge on any atom is -0.296 e. The van der Waals surface area contributed by atoms with Gasteiger partial charge in [-0.25, -0.2) is 5.90 Å². The van der Waals surface area contributed by atoms with Crippen LogP contribution >= 0.6 is 0 Å². The van der Waals surface area contributed by atoms with Crippen LogP contribution in [0.1, 0.15) is 15.9 Å². The fourth-order valence-corrected chi connectivity index (χ4v) is 1.13. The number of ketones is 1. The van der Waals surface area contributed by atoms with Crippen molar-refractivity contribution in [3.63, 3.8) is 0 Å². The summed E-state index contributed by atoms with van der Waals surface area (Å²) in [5.41, 5.74) is -1.41. The highest BCUT2D eigenvalue weighted by atomic mass is 19.4. The number of nitrogens with two attached hydrogens (primary N) is 1. The molecule has 1 aromatic rings. The molecule has 1 rings (SSSR count). The first-order valence-electron chi connectivity index (χ1n) is 3.98. The van der Waals surface area contributed by atoms with Crippen LogP contribution in [0.15, 0.2) is 24.3 Å². The van der Waals surface area contributed by atoms with E-state index in [-0.39, 0.29) is 0 Å². The maximum Gasteiger partial charge on any atom is 0.417 e. The van der Waals surface area contributed by atoms with Crippen molar-refractivity contribution in [3.05, 3.63) is 35.4 Å². The van der Waals surface area contributed by atoms with E-state index >= 15 is 0 Å². The molecule has 0 amide bonds. The van der Waals surface area contributed by atoms with Crippen LogP contribution in [0.25, 0.3) is 0 Å². The SMILES string of the molecule is NOCC(=O)c1ccccc1C(F)(F)F. The van der Waals surface area contributed by atoms with Crippen LogP contribution in [0, 0.1) is 0 Å². The summed E-state index contributed by atoms with van der Waals surface area (Å²) < 4.78 is 37.3. The molecule has 0 bridgehead atoms. The van der Waals surface area contributed by atoms with Crippen molar-refractivity contribution in [1.29, 1.82) is 0 Å². The zero-order valence-electron chi connectivity index (χ0n) is 7.54. The van der Waals surface area contributed by atoms with Gasteiger partial charge in [-0.05, 0) is 6.07 Å². The van der Waals surface area contributed by atoms with E-state index in [1.54, 1.807) is 0 Å². The highest BCUT2D eigenvalue weighted by Crippen LogP contribution is 2.31. The van der Waals surface area contributed by atoms with Gasteiger partial charge in [0.05, 0.1) is 5.56 Å². The van der Waals surface area contributed by atoms with Gasteiger partial charge in [0.25, 0.3) is 0 Å². The van der Waals surface area contributed by atoms with Crippen LogP contribution in [0.2, 0.25) is 0 Å². The molecular formula is C9H8F3NO2. The van der Waals surface area contributed by atoms with Crippen molar-refractivity contribution in [3.8, 4) is 0 Å². The highest BCUT2D eigenvalue weighted by Gasteiger charge is 2.34. The summed E-state index contributed by atoms with van der Waals surface area (Å²) in [5.74, 6) is 3.82. The molecule has 0 fully saturated rings. The van der Waals surface area contributed by atoms with Gasteiger partial charge in [-0.1, -0.05) is 18.2 Å². The summed E-state index contributed by atoms with van der Waals surface area (Å²) in [7, 11) is 0. The highest BCUT2D eigenvalue weighted by molar-refractivity contribution is 5.98. The average Bonchev–Trinajstić information content (AvgIpc) is 2.17. The molecule has 0 heterocycles. The van der Waals surface area contributed by atoms with Gasteiger partial charge in [-0.2, -0.15) is 13.2 Å². The molecule has 82 valence electrons. The average molecular weight is 219 g/mol. The molecule has 1 aromatic carbocycles. The van der Waals surface area contributed by atoms with E-state index < -0.39 is 29.7 Å². The molecule has 0 atom stereocenters. The Labute approximate surface area is 83.6 Å². The number of alkyl halides is 3. The summed E-state index contributed by atoms with van der Waals surface area (Å²) in [6, 6.07) is 4.48. The largest absolute Gasteiger partial charge is 0.417 e. The molecular weight excluding hydrogens is 211 g/mol. The van der Waals surface area contributed by atoms with Crippen molar-refractivity contribution < 1.29 is 22.8 Å². The Bertz CT molecular complexity index is 363. The normalized spacial score (nSPS) is 11.5. The minimum atomic E-state index is -4.55. The van der Waals surface area contributed by atoms with Gasteiger partial charge in [-0.3, -0.25) is 9.63 Å². The van der Waals surface area contributed by atoms with Gasteiger partial charge >= 0.3 is 6.18 Å². The van der Waals surface area contributed by atoms with E-state index in [4.69, 9.17) is 0 Å². The van der Waals surface area contributed by atoms with Crippen LogP contribution in [0.3, 0.4) is 0 Å². The summed E-state index contributed by atoms with van der Waals surface area (Å²) in [4.78, 5) is 15.2. The first-order valence-corrected chi connectivity index (χ1v) is 3.98. The molecule has 0 saturated carbocycles. The van der Waals surface area contributed by atoms with Crippen molar-refractivity contribution >= 4 is 5.78 Å². The molecule has 6 heteroatoms. The fourth-order valence-electron chi connectivity index (χ4n) is 1.13. The van der Waals surface area contributed by atoms with Crippen molar-refractivity contribution in [2.75, 3.05) is 6.61 Å². The summed E-state index contributed by atoms with van der Waals surface area (Å²) in [6.07, 6.45) is -4.55. The zero-order valence-corrected chi connectivity index (χ0v) is 7.54. The van der Waals surface area contributed by atoms with Gasteiger partial charge in [-0.15, -0.1) is 0 Å². The Morgan fingerprint density at radius 1 is 1.33 bits per heavy atom. The second-order valence-corrected chi connectivity index (χ2v) is 2.78. The maximum absolute atomic E-state index is 12.4. The van der Waals surface area contributed by atoms with E-state index in [1.807, 2.05) is 0 Å².